The summed E-state index contributed by atoms with van der Waals surface area (Å²) in [6.45, 7) is 13.9. The Balaban J connectivity index is 2.46. The smallest absolute Gasteiger partial charge is 0.0233 e. The normalized spacial score (nSPS) is 11.3. The van der Waals surface area contributed by atoms with Crippen LogP contribution in [0.15, 0.2) is 24.3 Å². The van der Waals surface area contributed by atoms with Crippen molar-refractivity contribution in [3.8, 4) is 0 Å². The Hall–Kier alpha value is -1.56. The van der Waals surface area contributed by atoms with Crippen LogP contribution in [0.2, 0.25) is 0 Å². The van der Waals surface area contributed by atoms with Gasteiger partial charge in [-0.3, -0.25) is 0 Å². The van der Waals surface area contributed by atoms with Crippen LogP contribution >= 0.6 is 0 Å². The van der Waals surface area contributed by atoms with Gasteiger partial charge in [-0.25, -0.2) is 0 Å². The summed E-state index contributed by atoms with van der Waals surface area (Å²) in [6, 6.07) is 10.2. The van der Waals surface area contributed by atoms with Crippen LogP contribution < -0.4 is 0 Å². The fourth-order valence-electron chi connectivity index (χ4n) is 5.47. The summed E-state index contributed by atoms with van der Waals surface area (Å²) < 4.78 is 0. The molecule has 2 aromatic rings. The van der Waals surface area contributed by atoms with Crippen LogP contribution in [0.3, 0.4) is 0 Å². The third-order valence-corrected chi connectivity index (χ3v) is 6.77. The predicted molar refractivity (Wildman–Crippen MR) is 144 cm³/mol. The van der Waals surface area contributed by atoms with E-state index in [2.05, 4.69) is 65.8 Å². The molecule has 0 N–H and O–H groups in total. The second-order valence-electron chi connectivity index (χ2n) is 9.79. The molecule has 2 rings (SSSR count). The predicted octanol–water partition coefficient (Wildman–Crippen LogP) is 9.19. The van der Waals surface area contributed by atoms with Crippen LogP contribution in [-0.2, 0) is 51.4 Å². The molecule has 32 heavy (non-hydrogen) atoms. The zero-order chi connectivity index (χ0) is 23.3. The van der Waals surface area contributed by atoms with Crippen molar-refractivity contribution in [2.45, 2.75) is 131 Å². The lowest BCUT2D eigenvalue weighted by atomic mass is 9.85. The van der Waals surface area contributed by atoms with Gasteiger partial charge in [0.2, 0.25) is 0 Å². The fourth-order valence-corrected chi connectivity index (χ4v) is 5.47. The third-order valence-electron chi connectivity index (χ3n) is 6.77. The molecule has 0 unspecified atom stereocenters. The molecule has 0 fully saturated rings. The maximum absolute atomic E-state index is 2.55. The molecule has 0 aliphatic rings. The largest absolute Gasteiger partial charge is 0.0651 e. The van der Waals surface area contributed by atoms with Gasteiger partial charge in [-0.05, 0) is 95.9 Å². The highest BCUT2D eigenvalue weighted by Crippen LogP contribution is 2.28. The van der Waals surface area contributed by atoms with Gasteiger partial charge in [0.05, 0.1) is 0 Å². The Kier molecular flexibility index (Phi) is 12.1. The van der Waals surface area contributed by atoms with Crippen molar-refractivity contribution >= 4 is 0 Å². The van der Waals surface area contributed by atoms with Crippen molar-refractivity contribution < 1.29 is 0 Å². The molecule has 0 aliphatic heterocycles. The maximum Gasteiger partial charge on any atom is -0.0233 e. The minimum absolute atomic E-state index is 1.21. The third kappa shape index (κ3) is 7.50. The second-order valence-corrected chi connectivity index (χ2v) is 9.79. The molecule has 0 aliphatic carbocycles. The lowest BCUT2D eigenvalue weighted by molar-refractivity contribution is 0.798. The Morgan fingerprint density at radius 1 is 0.344 bits per heavy atom. The van der Waals surface area contributed by atoms with Crippen LogP contribution in [0.25, 0.3) is 0 Å². The lowest BCUT2D eigenvalue weighted by Gasteiger charge is -2.21. The van der Waals surface area contributed by atoms with Crippen molar-refractivity contribution in [2.75, 3.05) is 0 Å². The molecule has 0 spiro atoms. The lowest BCUT2D eigenvalue weighted by Crippen LogP contribution is -2.09. The molecular weight excluding hydrogens is 384 g/mol. The van der Waals surface area contributed by atoms with E-state index in [4.69, 9.17) is 0 Å². The number of benzene rings is 2. The fraction of sp³-hybridized carbons (Fsp3) is 0.625. The van der Waals surface area contributed by atoms with Crippen molar-refractivity contribution in [1.29, 1.82) is 0 Å². The molecule has 0 saturated carbocycles. The summed E-state index contributed by atoms with van der Waals surface area (Å²) in [5.41, 5.74) is 13.0. The SMILES string of the molecule is CCCc1cc(CCC)c(CCc2c(CCC)cc(CCC)cc2CCC)c(CCC)c1. The van der Waals surface area contributed by atoms with Gasteiger partial charge >= 0.3 is 0 Å². The van der Waals surface area contributed by atoms with Crippen molar-refractivity contribution in [3.63, 3.8) is 0 Å². The number of hydrogen-bond donors (Lipinski definition) is 0. The maximum atomic E-state index is 2.55. The summed E-state index contributed by atoms with van der Waals surface area (Å²) in [4.78, 5) is 0. The monoisotopic (exact) mass is 434 g/mol. The molecule has 0 saturated heterocycles. The van der Waals surface area contributed by atoms with Crippen LogP contribution in [0, 0.1) is 0 Å². The van der Waals surface area contributed by atoms with Gasteiger partial charge in [-0.15, -0.1) is 0 Å². The minimum Gasteiger partial charge on any atom is -0.0651 e. The van der Waals surface area contributed by atoms with E-state index in [1.54, 1.807) is 44.5 Å². The van der Waals surface area contributed by atoms with E-state index < -0.39 is 0 Å². The van der Waals surface area contributed by atoms with Gasteiger partial charge in [0.15, 0.2) is 0 Å². The Morgan fingerprint density at radius 3 is 0.812 bits per heavy atom. The van der Waals surface area contributed by atoms with Crippen LogP contribution in [0.5, 0.6) is 0 Å². The molecular formula is C32H50. The molecule has 0 nitrogen and oxygen atoms in total. The van der Waals surface area contributed by atoms with Crippen molar-refractivity contribution in [1.82, 2.24) is 0 Å². The van der Waals surface area contributed by atoms with Crippen molar-refractivity contribution in [2.24, 2.45) is 0 Å². The summed E-state index contributed by atoms with van der Waals surface area (Å²) >= 11 is 0. The second kappa shape index (κ2) is 14.6. The highest BCUT2D eigenvalue weighted by Gasteiger charge is 2.15. The van der Waals surface area contributed by atoms with Crippen LogP contribution in [-0.4, -0.2) is 0 Å². The first-order valence-corrected chi connectivity index (χ1v) is 13.9. The summed E-state index contributed by atoms with van der Waals surface area (Å²) in [6.07, 6.45) is 17.2. The van der Waals surface area contributed by atoms with Crippen LogP contribution in [0.4, 0.5) is 0 Å². The quantitative estimate of drug-likeness (QED) is 0.262. The van der Waals surface area contributed by atoms with Gasteiger partial charge < -0.3 is 0 Å². The van der Waals surface area contributed by atoms with E-state index >= 15 is 0 Å². The average Bonchev–Trinajstić information content (AvgIpc) is 2.76. The topological polar surface area (TPSA) is 0 Å². The van der Waals surface area contributed by atoms with Crippen molar-refractivity contribution in [3.05, 3.63) is 68.8 Å². The summed E-state index contributed by atoms with van der Waals surface area (Å²) in [7, 11) is 0. The van der Waals surface area contributed by atoms with Gasteiger partial charge in [-0.1, -0.05) is 104 Å². The van der Waals surface area contributed by atoms with E-state index in [-0.39, 0.29) is 0 Å². The first kappa shape index (κ1) is 26.7. The molecule has 0 bridgehead atoms. The molecule has 0 aromatic heterocycles. The van der Waals surface area contributed by atoms with E-state index in [0.717, 1.165) is 0 Å². The Labute approximate surface area is 200 Å². The first-order valence-electron chi connectivity index (χ1n) is 13.9. The summed E-state index contributed by atoms with van der Waals surface area (Å²) in [5, 5.41) is 0. The number of aryl methyl sites for hydroxylation is 6. The molecule has 0 radical (unpaired) electrons. The van der Waals surface area contributed by atoms with Crippen LogP contribution in [0.1, 0.15) is 125 Å². The molecule has 178 valence electrons. The zero-order valence-corrected chi connectivity index (χ0v) is 22.2. The molecule has 0 heteroatoms. The van der Waals surface area contributed by atoms with E-state index in [1.807, 2.05) is 0 Å². The molecule has 2 aromatic carbocycles. The highest BCUT2D eigenvalue weighted by atomic mass is 14.2. The van der Waals surface area contributed by atoms with E-state index in [0.29, 0.717) is 0 Å². The highest BCUT2D eigenvalue weighted by molar-refractivity contribution is 5.44. The van der Waals surface area contributed by atoms with Gasteiger partial charge in [-0.2, -0.15) is 0 Å². The van der Waals surface area contributed by atoms with E-state index in [1.165, 1.54) is 89.9 Å². The molecule has 0 heterocycles. The first-order chi connectivity index (χ1) is 15.6. The molecule has 0 atom stereocenters. The van der Waals surface area contributed by atoms with Gasteiger partial charge in [0, 0.05) is 0 Å². The Bertz CT molecular complexity index is 687. The van der Waals surface area contributed by atoms with Gasteiger partial charge in [0.1, 0.15) is 0 Å². The zero-order valence-electron chi connectivity index (χ0n) is 22.2. The number of hydrogen-bond acceptors (Lipinski definition) is 0. The summed E-state index contributed by atoms with van der Waals surface area (Å²) in [5.74, 6) is 0. The van der Waals surface area contributed by atoms with Gasteiger partial charge in [0.25, 0.3) is 0 Å². The Morgan fingerprint density at radius 2 is 0.594 bits per heavy atom. The number of rotatable bonds is 15. The average molecular weight is 435 g/mol. The van der Waals surface area contributed by atoms with E-state index in [9.17, 15) is 0 Å². The minimum atomic E-state index is 1.21. The molecule has 0 amide bonds. The standard InChI is InChI=1S/C32H50/c1-7-13-25-21-27(15-9-3)31(28(22-25)16-10-4)19-20-32-29(17-11-5)23-26(14-8-2)24-30(32)18-12-6/h21-24H,7-20H2,1-6H3.